The van der Waals surface area contributed by atoms with Crippen LogP contribution in [-0.2, 0) is 46.5 Å². The summed E-state index contributed by atoms with van der Waals surface area (Å²) in [5.74, 6) is 2.51. The maximum atomic E-state index is 14.2. The summed E-state index contributed by atoms with van der Waals surface area (Å²) in [4.78, 5) is 78.9. The van der Waals surface area contributed by atoms with Gasteiger partial charge < -0.3 is 48.7 Å². The molecule has 3 aliphatic carbocycles. The summed E-state index contributed by atoms with van der Waals surface area (Å²) in [5, 5.41) is 0. The molecule has 466 valence electrons. The Morgan fingerprint density at radius 3 is 1.42 bits per heavy atom. The number of aryl methyl sites for hydroxylation is 2. The summed E-state index contributed by atoms with van der Waals surface area (Å²) in [6.07, 6.45) is 18.9. The first-order chi connectivity index (χ1) is 41.5. The lowest BCUT2D eigenvalue weighted by Crippen LogP contribution is -2.52. The zero-order valence-electron chi connectivity index (χ0n) is 52.6. The van der Waals surface area contributed by atoms with Crippen molar-refractivity contribution in [3.63, 3.8) is 0 Å². The van der Waals surface area contributed by atoms with Crippen LogP contribution in [0.25, 0.3) is 0 Å². The topological polar surface area (TPSA) is 130 Å². The van der Waals surface area contributed by atoms with Crippen molar-refractivity contribution in [2.75, 3.05) is 113 Å². The second-order valence-corrected chi connectivity index (χ2v) is 27.8. The summed E-state index contributed by atoms with van der Waals surface area (Å²) in [5.41, 5.74) is 9.89. The number of halogens is 1. The molecule has 11 aliphatic rings. The lowest BCUT2D eigenvalue weighted by Gasteiger charge is -2.45. The van der Waals surface area contributed by atoms with Crippen molar-refractivity contribution in [3.05, 3.63) is 88.2 Å². The third kappa shape index (κ3) is 11.9. The number of carbonyl (C=O) groups excluding carboxylic acids is 5. The lowest BCUT2D eigenvalue weighted by molar-refractivity contribution is -0.120. The van der Waals surface area contributed by atoms with Crippen LogP contribution in [0.5, 0.6) is 0 Å². The van der Waals surface area contributed by atoms with E-state index in [9.17, 15) is 28.4 Å². The molecule has 3 saturated carbocycles. The maximum Gasteiger partial charge on any atom is 0.409 e. The molecular weight excluding hydrogens is 1080 g/mol. The van der Waals surface area contributed by atoms with Gasteiger partial charge in [-0.15, -0.1) is 0 Å². The molecule has 14 rings (SSSR count). The van der Waals surface area contributed by atoms with Crippen LogP contribution < -0.4 is 14.7 Å². The van der Waals surface area contributed by atoms with Gasteiger partial charge in [0.05, 0.1) is 13.2 Å². The van der Waals surface area contributed by atoms with Gasteiger partial charge in [-0.2, -0.15) is 0 Å². The number of carbonyl (C=O) groups is 5. The zero-order chi connectivity index (χ0) is 60.1. The van der Waals surface area contributed by atoms with Gasteiger partial charge >= 0.3 is 12.2 Å². The van der Waals surface area contributed by atoms with Gasteiger partial charge in [0, 0.05) is 117 Å². The van der Waals surface area contributed by atoms with Crippen LogP contribution in [0.4, 0.5) is 31.0 Å². The van der Waals surface area contributed by atoms with E-state index in [1.165, 1.54) is 85.6 Å². The fraction of sp³-hybridized carbons (Fsp3) is 0.671. The van der Waals surface area contributed by atoms with E-state index in [1.54, 1.807) is 26.0 Å². The fourth-order valence-electron chi connectivity index (χ4n) is 17.8. The van der Waals surface area contributed by atoms with Crippen LogP contribution in [0.15, 0.2) is 54.6 Å². The highest BCUT2D eigenvalue weighted by Gasteiger charge is 2.52. The first-order valence-electron chi connectivity index (χ1n) is 33.5. The van der Waals surface area contributed by atoms with E-state index in [2.05, 4.69) is 64.9 Å². The van der Waals surface area contributed by atoms with E-state index in [0.717, 1.165) is 171 Å². The van der Waals surface area contributed by atoms with Crippen molar-refractivity contribution in [2.45, 2.75) is 185 Å². The number of benzene rings is 3. The van der Waals surface area contributed by atoms with Gasteiger partial charge in [0.25, 0.3) is 0 Å². The summed E-state index contributed by atoms with van der Waals surface area (Å²) < 4.78 is 24.4. The Kier molecular flexibility index (Phi) is 17.7. The summed E-state index contributed by atoms with van der Waals surface area (Å²) >= 11 is 0. The number of piperidine rings is 5. The van der Waals surface area contributed by atoms with Gasteiger partial charge in [0.15, 0.2) is 0 Å². The van der Waals surface area contributed by atoms with Gasteiger partial charge in [0.1, 0.15) is 5.82 Å². The minimum Gasteiger partial charge on any atom is -0.450 e. The Labute approximate surface area is 511 Å². The molecule has 0 N–H and O–H groups in total. The van der Waals surface area contributed by atoms with Crippen LogP contribution in [0.1, 0.15) is 165 Å². The number of ether oxygens (including phenoxy) is 2. The minimum atomic E-state index is -0.215. The molecule has 86 heavy (non-hydrogen) atoms. The highest BCUT2D eigenvalue weighted by molar-refractivity contribution is 5.99. The summed E-state index contributed by atoms with van der Waals surface area (Å²) in [6, 6.07) is 20.2. The second kappa shape index (κ2) is 25.1. The first kappa shape index (κ1) is 60.7. The molecule has 2 bridgehead atoms. The minimum absolute atomic E-state index is 0.0916. The van der Waals surface area contributed by atoms with Crippen LogP contribution in [0.3, 0.4) is 0 Å². The van der Waals surface area contributed by atoms with Crippen molar-refractivity contribution >= 4 is 47.0 Å². The molecule has 3 spiro atoms. The zero-order valence-corrected chi connectivity index (χ0v) is 52.6. The predicted molar refractivity (Wildman–Crippen MR) is 334 cm³/mol. The highest BCUT2D eigenvalue weighted by atomic mass is 19.1. The van der Waals surface area contributed by atoms with Gasteiger partial charge in [-0.05, 0) is 227 Å². The van der Waals surface area contributed by atoms with E-state index < -0.39 is 0 Å². The molecule has 16 heteroatoms. The first-order valence-corrected chi connectivity index (χ1v) is 33.5. The van der Waals surface area contributed by atoms with Crippen molar-refractivity contribution in [1.29, 1.82) is 0 Å². The molecule has 3 atom stereocenters. The van der Waals surface area contributed by atoms with Crippen LogP contribution in [-0.4, -0.2) is 171 Å². The van der Waals surface area contributed by atoms with Crippen LogP contribution in [0, 0.1) is 30.5 Å². The number of likely N-dealkylation sites (tertiary alicyclic amines) is 5. The maximum absolute atomic E-state index is 14.2. The Morgan fingerprint density at radius 2 is 0.965 bits per heavy atom. The molecule has 3 unspecified atom stereocenters. The number of hydrogen-bond acceptors (Lipinski definition) is 10. The van der Waals surface area contributed by atoms with E-state index in [1.807, 2.05) is 38.3 Å². The average Bonchev–Trinajstić information content (AvgIpc) is 1.71. The Balaban J connectivity index is 0.000000127. The van der Waals surface area contributed by atoms with Gasteiger partial charge in [-0.1, -0.05) is 43.2 Å². The molecule has 3 aromatic carbocycles. The Morgan fingerprint density at radius 1 is 0.512 bits per heavy atom. The molecule has 5 amide bonds. The van der Waals surface area contributed by atoms with E-state index in [4.69, 9.17) is 9.47 Å². The molecule has 0 aromatic heterocycles. The summed E-state index contributed by atoms with van der Waals surface area (Å²) in [7, 11) is 0. The van der Waals surface area contributed by atoms with Crippen molar-refractivity contribution in [3.8, 4) is 0 Å². The van der Waals surface area contributed by atoms with E-state index in [0.29, 0.717) is 31.8 Å². The standard InChI is InChI=1S/C24H32FN3O3.C24H35N3O3.C22H30N2O/c1-2-31-23(30)27-11-7-19(8-12-27)26-13-9-24(10-14-26)16-28(22(29)17-3-4-17)21-6-5-18(25)15-20(21)24;1-4-19-6-7-22-21(16-19)24(17-27(22)18(3)28)10-14-25(15-11-24)20-8-12-26(13-9-20)23(29)30-5-2;1-15-3-6-20-19(11-15)22(14-24(20)16(2)25)7-9-23(10-8-22)21-13-17-4-5-18(21)12-17/h5-6,15,17,19H,2-4,7-14,16H2,1H3;6-7,16,20H,4-5,8-15,17H2,1-3H3;3,6,11,17-18,21H,4-5,7-10,12-14H2,1-2H3. The molecule has 8 aliphatic heterocycles. The normalized spacial score (nSPS) is 25.8. The largest absolute Gasteiger partial charge is 0.450 e. The number of rotatable bonds is 7. The Bertz CT molecular complexity index is 2980. The van der Waals surface area contributed by atoms with Gasteiger partial charge in [-0.3, -0.25) is 14.4 Å². The van der Waals surface area contributed by atoms with Gasteiger partial charge in [0.2, 0.25) is 17.7 Å². The molecular formula is C70H97FN8O7. The monoisotopic (exact) mass is 1180 g/mol. The number of amides is 5. The van der Waals surface area contributed by atoms with Crippen molar-refractivity contribution < 1.29 is 37.8 Å². The molecule has 15 nitrogen and oxygen atoms in total. The Hall–Kier alpha value is -5.58. The smallest absolute Gasteiger partial charge is 0.409 e. The molecule has 8 heterocycles. The van der Waals surface area contributed by atoms with Crippen molar-refractivity contribution in [2.24, 2.45) is 17.8 Å². The number of hydrogen-bond donors (Lipinski definition) is 0. The molecule has 3 aromatic rings. The average molecular weight is 1180 g/mol. The van der Waals surface area contributed by atoms with E-state index >= 15 is 0 Å². The quantitative estimate of drug-likeness (QED) is 0.225. The number of fused-ring (bicyclic) bond motifs is 8. The number of anilines is 3. The van der Waals surface area contributed by atoms with Crippen LogP contribution >= 0.6 is 0 Å². The third-order valence-corrected chi connectivity index (χ3v) is 23.0. The molecule has 5 saturated heterocycles. The fourth-order valence-corrected chi connectivity index (χ4v) is 17.8. The lowest BCUT2D eigenvalue weighted by atomic mass is 9.73. The summed E-state index contributed by atoms with van der Waals surface area (Å²) in [6.45, 7) is 24.2. The SMILES string of the molecule is CC(=O)N1CC2(CCN(C3CC4CCC3C4)CC2)c2cc(C)ccc21.CCOC(=O)N1CCC(N2CCC3(CC2)CN(C(=O)C2CC2)c2ccc(F)cc23)CC1.CCOC(=O)N1CCC(N2CCC3(CC2)CN(C(C)=O)c2ccc(CC)cc23)CC1. The van der Waals surface area contributed by atoms with E-state index in [-0.39, 0.29) is 57.9 Å². The number of nitrogens with zero attached hydrogens (tertiary/aromatic N) is 8. The molecule has 0 radical (unpaired) electrons. The van der Waals surface area contributed by atoms with Crippen LogP contribution in [0.2, 0.25) is 0 Å². The van der Waals surface area contributed by atoms with Crippen molar-refractivity contribution in [1.82, 2.24) is 24.5 Å². The predicted octanol–water partition coefficient (Wildman–Crippen LogP) is 11.0. The molecule has 8 fully saturated rings. The second-order valence-electron chi connectivity index (χ2n) is 27.8. The van der Waals surface area contributed by atoms with Gasteiger partial charge in [-0.25, -0.2) is 14.0 Å². The highest BCUT2D eigenvalue weighted by Crippen LogP contribution is 2.53. The third-order valence-electron chi connectivity index (χ3n) is 23.0.